The van der Waals surface area contributed by atoms with E-state index in [2.05, 4.69) is 10.3 Å². The van der Waals surface area contributed by atoms with Crippen molar-refractivity contribution in [3.05, 3.63) is 86.4 Å². The highest BCUT2D eigenvalue weighted by Crippen LogP contribution is 2.37. The van der Waals surface area contributed by atoms with Crippen molar-refractivity contribution in [2.45, 2.75) is 11.3 Å². The number of nitrogens with zero attached hydrogens (tertiary/aromatic N) is 3. The molecule has 5 rings (SSSR count). The van der Waals surface area contributed by atoms with Gasteiger partial charge in [0.1, 0.15) is 5.56 Å². The van der Waals surface area contributed by atoms with E-state index in [-0.39, 0.29) is 28.5 Å². The van der Waals surface area contributed by atoms with Crippen molar-refractivity contribution in [3.63, 3.8) is 0 Å². The van der Waals surface area contributed by atoms with Gasteiger partial charge in [0.25, 0.3) is 17.5 Å². The van der Waals surface area contributed by atoms with Crippen LogP contribution in [0.1, 0.15) is 26.3 Å². The Labute approximate surface area is 217 Å². The molecule has 1 N–H and O–H groups in total. The lowest BCUT2D eigenvalue weighted by Gasteiger charge is -2.13. The molecule has 1 aliphatic heterocycles. The first kappa shape index (κ1) is 23.9. The van der Waals surface area contributed by atoms with Gasteiger partial charge in [0, 0.05) is 16.8 Å². The second-order valence-electron chi connectivity index (χ2n) is 7.83. The Balaban J connectivity index is 1.34. The van der Waals surface area contributed by atoms with E-state index in [1.807, 2.05) is 13.0 Å². The number of hydrogen-bond donors (Lipinski definition) is 1. The lowest BCUT2D eigenvalue weighted by molar-refractivity contribution is -0.385. The zero-order valence-corrected chi connectivity index (χ0v) is 20.9. The van der Waals surface area contributed by atoms with E-state index in [0.29, 0.717) is 25.3 Å². The molecule has 36 heavy (non-hydrogen) atoms. The number of thiazole rings is 1. The molecule has 0 aliphatic carbocycles. The highest BCUT2D eigenvalue weighted by molar-refractivity contribution is 8.01. The lowest BCUT2D eigenvalue weighted by atomic mass is 10.1. The molecule has 0 spiro atoms. The summed E-state index contributed by atoms with van der Waals surface area (Å²) in [6.45, 7) is 1.87. The monoisotopic (exact) mass is 538 g/mol. The van der Waals surface area contributed by atoms with Crippen LogP contribution in [0.4, 0.5) is 17.1 Å². The molecule has 0 saturated heterocycles. The third-order valence-corrected chi connectivity index (χ3v) is 7.90. The van der Waals surface area contributed by atoms with Gasteiger partial charge in [-0.3, -0.25) is 24.5 Å². The molecule has 3 aromatic carbocycles. The Morgan fingerprint density at radius 3 is 2.75 bits per heavy atom. The van der Waals surface area contributed by atoms with Gasteiger partial charge in [-0.15, -0.1) is 11.3 Å². The van der Waals surface area contributed by atoms with Crippen LogP contribution in [-0.2, 0) is 4.79 Å². The maximum absolute atomic E-state index is 13.0. The number of amides is 3. The Bertz CT molecular complexity index is 1600. The minimum absolute atomic E-state index is 0.00389. The van der Waals surface area contributed by atoms with Gasteiger partial charge in [0.15, 0.2) is 4.34 Å². The van der Waals surface area contributed by atoms with E-state index in [9.17, 15) is 24.5 Å². The van der Waals surface area contributed by atoms with Crippen LogP contribution in [0.5, 0.6) is 0 Å². The number of nitro groups is 1. The number of aromatic nitrogens is 1. The van der Waals surface area contributed by atoms with Crippen LogP contribution in [0.25, 0.3) is 10.2 Å². The molecule has 4 aromatic rings. The fourth-order valence-electron chi connectivity index (χ4n) is 3.79. The van der Waals surface area contributed by atoms with Crippen molar-refractivity contribution in [1.82, 2.24) is 4.98 Å². The van der Waals surface area contributed by atoms with E-state index < -0.39 is 22.4 Å². The van der Waals surface area contributed by atoms with Crippen LogP contribution in [0.15, 0.2) is 58.9 Å². The number of hydrogen-bond acceptors (Lipinski definition) is 8. The number of fused-ring (bicyclic) bond motifs is 2. The van der Waals surface area contributed by atoms with Crippen molar-refractivity contribution in [3.8, 4) is 0 Å². The number of nitrogens with one attached hydrogen (secondary N) is 1. The topological polar surface area (TPSA) is 123 Å². The van der Waals surface area contributed by atoms with Gasteiger partial charge in [0.05, 0.1) is 32.1 Å². The standard InChI is InChI=1S/C24H15ClN4O5S2/c1-12-5-6-13(25)9-17(12)26-20(30)11-35-24-27-16-8-7-14(10-19(16)36-24)28-22(31)15-3-2-4-18(29(33)34)21(15)23(28)32/h2-10H,11H2,1H3,(H,26,30). The molecule has 1 aromatic heterocycles. The minimum atomic E-state index is -0.742. The van der Waals surface area contributed by atoms with E-state index in [1.165, 1.54) is 41.3 Å². The molecule has 12 heteroatoms. The molecule has 180 valence electrons. The number of aryl methyl sites for hydroxylation is 1. The minimum Gasteiger partial charge on any atom is -0.325 e. The van der Waals surface area contributed by atoms with Gasteiger partial charge in [-0.25, -0.2) is 9.88 Å². The van der Waals surface area contributed by atoms with Gasteiger partial charge in [0.2, 0.25) is 5.91 Å². The summed E-state index contributed by atoms with van der Waals surface area (Å²) in [5.74, 6) is -1.45. The number of benzene rings is 3. The van der Waals surface area contributed by atoms with Crippen molar-refractivity contribution < 1.29 is 19.3 Å². The first-order chi connectivity index (χ1) is 17.2. The molecule has 0 saturated carbocycles. The summed E-state index contributed by atoms with van der Waals surface area (Å²) in [6.07, 6.45) is 0. The number of carbonyl (C=O) groups excluding carboxylic acids is 3. The van der Waals surface area contributed by atoms with Crippen molar-refractivity contribution >= 4 is 79.7 Å². The molecular formula is C24H15ClN4O5S2. The number of nitro benzene ring substituents is 1. The summed E-state index contributed by atoms with van der Waals surface area (Å²) < 4.78 is 1.34. The lowest BCUT2D eigenvalue weighted by Crippen LogP contribution is -2.29. The first-order valence-electron chi connectivity index (χ1n) is 10.5. The number of carbonyl (C=O) groups is 3. The predicted molar refractivity (Wildman–Crippen MR) is 139 cm³/mol. The number of imide groups is 1. The average Bonchev–Trinajstić information content (AvgIpc) is 3.37. The molecule has 0 fully saturated rings. The van der Waals surface area contributed by atoms with Crippen LogP contribution >= 0.6 is 34.7 Å². The van der Waals surface area contributed by atoms with Crippen molar-refractivity contribution in [2.24, 2.45) is 0 Å². The summed E-state index contributed by atoms with van der Waals surface area (Å²) in [5, 5.41) is 14.7. The summed E-state index contributed by atoms with van der Waals surface area (Å²) in [6, 6.07) is 14.1. The molecule has 0 unspecified atom stereocenters. The zero-order valence-electron chi connectivity index (χ0n) is 18.5. The normalized spacial score (nSPS) is 12.8. The molecule has 1 aliphatic rings. The maximum atomic E-state index is 13.0. The molecular weight excluding hydrogens is 524 g/mol. The van der Waals surface area contributed by atoms with Crippen LogP contribution in [0.3, 0.4) is 0 Å². The van der Waals surface area contributed by atoms with E-state index in [1.54, 1.807) is 30.3 Å². The first-order valence-corrected chi connectivity index (χ1v) is 12.7. The number of halogens is 1. The zero-order chi connectivity index (χ0) is 25.6. The van der Waals surface area contributed by atoms with Crippen LogP contribution in [0, 0.1) is 17.0 Å². The molecule has 3 amide bonds. The predicted octanol–water partition coefficient (Wildman–Crippen LogP) is 5.70. The third-order valence-electron chi connectivity index (χ3n) is 5.50. The summed E-state index contributed by atoms with van der Waals surface area (Å²) in [7, 11) is 0. The summed E-state index contributed by atoms with van der Waals surface area (Å²) >= 11 is 8.57. The number of anilines is 2. The SMILES string of the molecule is Cc1ccc(Cl)cc1NC(=O)CSc1nc2ccc(N3C(=O)c4cccc([N+](=O)[O-])c4C3=O)cc2s1. The highest BCUT2D eigenvalue weighted by atomic mass is 35.5. The quantitative estimate of drug-likeness (QED) is 0.145. The van der Waals surface area contributed by atoms with Crippen molar-refractivity contribution in [1.29, 1.82) is 0 Å². The Morgan fingerprint density at radius 2 is 1.97 bits per heavy atom. The fourth-order valence-corrected chi connectivity index (χ4v) is 5.86. The van der Waals surface area contributed by atoms with Gasteiger partial charge < -0.3 is 5.32 Å². The van der Waals surface area contributed by atoms with E-state index >= 15 is 0 Å². The van der Waals surface area contributed by atoms with E-state index in [4.69, 9.17) is 11.6 Å². The van der Waals surface area contributed by atoms with Crippen LogP contribution in [0.2, 0.25) is 5.02 Å². The molecule has 2 heterocycles. The smallest absolute Gasteiger partial charge is 0.283 e. The molecule has 0 bridgehead atoms. The number of thioether (sulfide) groups is 1. The fraction of sp³-hybridized carbons (Fsp3) is 0.0833. The van der Waals surface area contributed by atoms with Gasteiger partial charge in [-0.05, 0) is 48.9 Å². The van der Waals surface area contributed by atoms with Gasteiger partial charge in [-0.2, -0.15) is 0 Å². The highest BCUT2D eigenvalue weighted by Gasteiger charge is 2.41. The Morgan fingerprint density at radius 1 is 1.17 bits per heavy atom. The molecule has 0 radical (unpaired) electrons. The van der Waals surface area contributed by atoms with Gasteiger partial charge in [-0.1, -0.05) is 35.5 Å². The van der Waals surface area contributed by atoms with E-state index in [0.717, 1.165) is 10.5 Å². The summed E-state index contributed by atoms with van der Waals surface area (Å²) in [5.41, 5.74) is 1.84. The summed E-state index contributed by atoms with van der Waals surface area (Å²) in [4.78, 5) is 54.4. The second-order valence-corrected chi connectivity index (χ2v) is 10.5. The maximum Gasteiger partial charge on any atom is 0.283 e. The Kier molecular flexibility index (Phi) is 6.20. The Hall–Kier alpha value is -3.80. The van der Waals surface area contributed by atoms with Crippen molar-refractivity contribution in [2.75, 3.05) is 16.0 Å². The average molecular weight is 539 g/mol. The third kappa shape index (κ3) is 4.32. The number of rotatable bonds is 6. The molecule has 0 atom stereocenters. The van der Waals surface area contributed by atoms with Gasteiger partial charge >= 0.3 is 0 Å². The largest absolute Gasteiger partial charge is 0.325 e. The van der Waals surface area contributed by atoms with Crippen LogP contribution in [-0.4, -0.2) is 33.4 Å². The molecule has 9 nitrogen and oxygen atoms in total. The second kappa shape index (κ2) is 9.34. The van der Waals surface area contributed by atoms with Crippen LogP contribution < -0.4 is 10.2 Å².